The van der Waals surface area contributed by atoms with Gasteiger partial charge in [-0.25, -0.2) is 0 Å². The molecule has 5 heteroatoms. The number of piperazine rings is 1. The van der Waals surface area contributed by atoms with Crippen LogP contribution in [0.15, 0.2) is 0 Å². The van der Waals surface area contributed by atoms with Gasteiger partial charge in [0, 0.05) is 13.2 Å². The van der Waals surface area contributed by atoms with E-state index in [0.717, 1.165) is 12.8 Å². The normalized spacial score (nSPS) is 27.1. The van der Waals surface area contributed by atoms with Gasteiger partial charge in [0.15, 0.2) is 0 Å². The molecule has 2 atom stereocenters. The summed E-state index contributed by atoms with van der Waals surface area (Å²) in [6.45, 7) is 7.73. The van der Waals surface area contributed by atoms with Crippen LogP contribution in [0.3, 0.4) is 0 Å². The summed E-state index contributed by atoms with van der Waals surface area (Å²) >= 11 is 0. The first-order chi connectivity index (χ1) is 9.54. The van der Waals surface area contributed by atoms with Crippen LogP contribution >= 0.6 is 0 Å². The second-order valence-corrected chi connectivity index (χ2v) is 6.20. The molecule has 1 aliphatic heterocycles. The lowest BCUT2D eigenvalue weighted by molar-refractivity contribution is -0.151. The highest BCUT2D eigenvalue weighted by atomic mass is 16.5. The van der Waals surface area contributed by atoms with Crippen molar-refractivity contribution >= 4 is 11.8 Å². The van der Waals surface area contributed by atoms with Crippen LogP contribution in [-0.4, -0.2) is 48.6 Å². The van der Waals surface area contributed by atoms with E-state index in [1.807, 2.05) is 6.92 Å². The zero-order valence-corrected chi connectivity index (χ0v) is 12.7. The van der Waals surface area contributed by atoms with E-state index in [-0.39, 0.29) is 23.9 Å². The maximum atomic E-state index is 12.6. The zero-order valence-electron chi connectivity index (χ0n) is 12.7. The molecule has 2 amide bonds. The van der Waals surface area contributed by atoms with Crippen molar-refractivity contribution in [2.24, 2.45) is 11.8 Å². The smallest absolute Gasteiger partial charge is 0.246 e. The molecule has 0 bridgehead atoms. The van der Waals surface area contributed by atoms with Crippen LogP contribution in [0.4, 0.5) is 0 Å². The molecule has 2 unspecified atom stereocenters. The fourth-order valence-electron chi connectivity index (χ4n) is 2.79. The van der Waals surface area contributed by atoms with Gasteiger partial charge in [-0.15, -0.1) is 0 Å². The number of nitrogens with zero attached hydrogens (tertiary/aromatic N) is 1. The van der Waals surface area contributed by atoms with Crippen molar-refractivity contribution in [2.75, 3.05) is 19.8 Å². The SMILES string of the molecule is CCOCCN1C(=O)C(C2CC2)NC(=O)C1CC(C)C. The van der Waals surface area contributed by atoms with Crippen LogP contribution in [-0.2, 0) is 14.3 Å². The van der Waals surface area contributed by atoms with E-state index in [1.54, 1.807) is 4.90 Å². The standard InChI is InChI=1S/C15H26N2O3/c1-4-20-8-7-17-12(9-10(2)3)14(18)16-13(15(17)19)11-5-6-11/h10-13H,4-9H2,1-3H3,(H,16,18). The molecule has 1 N–H and O–H groups in total. The van der Waals surface area contributed by atoms with Gasteiger partial charge in [-0.2, -0.15) is 0 Å². The Kier molecular flexibility index (Phi) is 5.02. The first-order valence-corrected chi connectivity index (χ1v) is 7.73. The van der Waals surface area contributed by atoms with Gasteiger partial charge in [-0.05, 0) is 38.0 Å². The lowest BCUT2D eigenvalue weighted by Crippen LogP contribution is -2.64. The number of carbonyl (C=O) groups is 2. The van der Waals surface area contributed by atoms with Crippen molar-refractivity contribution < 1.29 is 14.3 Å². The lowest BCUT2D eigenvalue weighted by Gasteiger charge is -2.39. The van der Waals surface area contributed by atoms with Gasteiger partial charge in [-0.1, -0.05) is 13.8 Å². The molecule has 1 heterocycles. The highest BCUT2D eigenvalue weighted by Crippen LogP contribution is 2.35. The Labute approximate surface area is 121 Å². The molecule has 1 saturated heterocycles. The minimum Gasteiger partial charge on any atom is -0.380 e. The Hall–Kier alpha value is -1.10. The number of hydrogen-bond acceptors (Lipinski definition) is 3. The Morgan fingerprint density at radius 2 is 2.05 bits per heavy atom. The van der Waals surface area contributed by atoms with E-state index in [9.17, 15) is 9.59 Å². The number of rotatable bonds is 7. The third kappa shape index (κ3) is 3.51. The molecule has 2 rings (SSSR count). The minimum atomic E-state index is -0.335. The van der Waals surface area contributed by atoms with E-state index >= 15 is 0 Å². The summed E-state index contributed by atoms with van der Waals surface area (Å²) in [4.78, 5) is 26.7. The Balaban J connectivity index is 2.07. The Morgan fingerprint density at radius 3 is 2.60 bits per heavy atom. The van der Waals surface area contributed by atoms with Gasteiger partial charge < -0.3 is 15.0 Å². The summed E-state index contributed by atoms with van der Waals surface area (Å²) in [6.07, 6.45) is 2.80. The largest absolute Gasteiger partial charge is 0.380 e. The molecule has 5 nitrogen and oxygen atoms in total. The number of ether oxygens (including phenoxy) is 1. The van der Waals surface area contributed by atoms with E-state index in [4.69, 9.17) is 4.74 Å². The molecular weight excluding hydrogens is 256 g/mol. The summed E-state index contributed by atoms with van der Waals surface area (Å²) in [7, 11) is 0. The fraction of sp³-hybridized carbons (Fsp3) is 0.867. The average Bonchev–Trinajstić information content (AvgIpc) is 3.21. The maximum absolute atomic E-state index is 12.6. The predicted molar refractivity (Wildman–Crippen MR) is 76.1 cm³/mol. The van der Waals surface area contributed by atoms with Gasteiger partial charge in [0.1, 0.15) is 12.1 Å². The van der Waals surface area contributed by atoms with Gasteiger partial charge in [0.2, 0.25) is 11.8 Å². The van der Waals surface area contributed by atoms with Crippen molar-refractivity contribution in [1.82, 2.24) is 10.2 Å². The lowest BCUT2D eigenvalue weighted by atomic mass is 9.96. The average molecular weight is 282 g/mol. The highest BCUT2D eigenvalue weighted by molar-refractivity contribution is 5.97. The van der Waals surface area contributed by atoms with Crippen LogP contribution < -0.4 is 5.32 Å². The summed E-state index contributed by atoms with van der Waals surface area (Å²) in [6, 6.07) is -0.634. The second-order valence-electron chi connectivity index (χ2n) is 6.20. The molecule has 2 aliphatic rings. The Bertz CT molecular complexity index is 366. The molecule has 0 aromatic heterocycles. The van der Waals surface area contributed by atoms with Crippen LogP contribution in [0.25, 0.3) is 0 Å². The first kappa shape index (κ1) is 15.3. The van der Waals surface area contributed by atoms with Crippen LogP contribution in [0.2, 0.25) is 0 Å². The monoisotopic (exact) mass is 282 g/mol. The molecule has 2 fully saturated rings. The third-order valence-electron chi connectivity index (χ3n) is 3.99. The van der Waals surface area contributed by atoms with Crippen molar-refractivity contribution in [3.05, 3.63) is 0 Å². The molecule has 0 aromatic rings. The van der Waals surface area contributed by atoms with E-state index in [1.165, 1.54) is 0 Å². The van der Waals surface area contributed by atoms with Crippen molar-refractivity contribution in [2.45, 2.75) is 52.1 Å². The number of hydrogen-bond donors (Lipinski definition) is 1. The highest BCUT2D eigenvalue weighted by Gasteiger charge is 2.46. The van der Waals surface area contributed by atoms with Crippen LogP contribution in [0.1, 0.15) is 40.0 Å². The fourth-order valence-corrected chi connectivity index (χ4v) is 2.79. The second kappa shape index (κ2) is 6.57. The number of amides is 2. The molecule has 114 valence electrons. The molecule has 1 saturated carbocycles. The third-order valence-corrected chi connectivity index (χ3v) is 3.99. The topological polar surface area (TPSA) is 58.6 Å². The van der Waals surface area contributed by atoms with E-state index < -0.39 is 0 Å². The Morgan fingerprint density at radius 1 is 1.35 bits per heavy atom. The summed E-state index contributed by atoms with van der Waals surface area (Å²) in [5, 5.41) is 2.93. The van der Waals surface area contributed by atoms with Crippen molar-refractivity contribution in [3.63, 3.8) is 0 Å². The molecule has 0 spiro atoms. The summed E-state index contributed by atoms with van der Waals surface area (Å²) in [5.41, 5.74) is 0. The van der Waals surface area contributed by atoms with E-state index in [0.29, 0.717) is 38.0 Å². The zero-order chi connectivity index (χ0) is 14.7. The molecule has 20 heavy (non-hydrogen) atoms. The molecule has 0 radical (unpaired) electrons. The summed E-state index contributed by atoms with van der Waals surface area (Å²) < 4.78 is 5.36. The molecule has 1 aliphatic carbocycles. The van der Waals surface area contributed by atoms with Crippen molar-refractivity contribution in [3.8, 4) is 0 Å². The van der Waals surface area contributed by atoms with Gasteiger partial charge in [-0.3, -0.25) is 9.59 Å². The van der Waals surface area contributed by atoms with Gasteiger partial charge in [0.25, 0.3) is 0 Å². The van der Waals surface area contributed by atoms with Crippen LogP contribution in [0, 0.1) is 11.8 Å². The summed E-state index contributed by atoms with van der Waals surface area (Å²) in [5.74, 6) is 0.816. The van der Waals surface area contributed by atoms with Gasteiger partial charge >= 0.3 is 0 Å². The van der Waals surface area contributed by atoms with E-state index in [2.05, 4.69) is 19.2 Å². The number of carbonyl (C=O) groups excluding carboxylic acids is 2. The van der Waals surface area contributed by atoms with Crippen LogP contribution in [0.5, 0.6) is 0 Å². The number of nitrogens with one attached hydrogen (secondary N) is 1. The van der Waals surface area contributed by atoms with Crippen molar-refractivity contribution in [1.29, 1.82) is 0 Å². The van der Waals surface area contributed by atoms with Gasteiger partial charge in [0.05, 0.1) is 6.61 Å². The predicted octanol–water partition coefficient (Wildman–Crippen LogP) is 1.17. The quantitative estimate of drug-likeness (QED) is 0.713. The maximum Gasteiger partial charge on any atom is 0.246 e. The molecule has 0 aromatic carbocycles. The first-order valence-electron chi connectivity index (χ1n) is 7.73. The minimum absolute atomic E-state index is 0.00620. The molecular formula is C15H26N2O3.